The average Bonchev–Trinajstić information content (AvgIpc) is 0.649. The first-order valence-corrected chi connectivity index (χ1v) is 36.9. The van der Waals surface area contributed by atoms with Crippen molar-refractivity contribution >= 4 is 213 Å². The molecule has 6 nitrogen and oxygen atoms in total. The molecule has 0 fully saturated rings. The van der Waals surface area contributed by atoms with E-state index in [0.29, 0.717) is 0 Å². The minimum Gasteiger partial charge on any atom is -0.309 e. The first kappa shape index (κ1) is 51.2. The lowest BCUT2D eigenvalue weighted by Gasteiger charge is -2.54. The molecule has 0 spiro atoms. The first-order valence-electron chi connectivity index (χ1n) is 31.3. The molecule has 0 aliphatic carbocycles. The molecule has 0 radical (unpaired) electrons. The van der Waals surface area contributed by atoms with E-state index in [2.05, 4.69) is 333 Å². The van der Waals surface area contributed by atoms with Gasteiger partial charge >= 0.3 is 0 Å². The van der Waals surface area contributed by atoms with E-state index in [1.54, 1.807) is 0 Å². The Labute approximate surface area is 541 Å². The fraction of sp³-hybridized carbons (Fsp3) is 0. The van der Waals surface area contributed by atoms with Crippen molar-refractivity contribution < 1.29 is 0 Å². The van der Waals surface area contributed by atoms with Crippen LogP contribution in [0.15, 0.2) is 303 Å². The summed E-state index contributed by atoms with van der Waals surface area (Å²) in [5.74, 6) is 0. The highest BCUT2D eigenvalue weighted by molar-refractivity contribution is 8.27. The highest BCUT2D eigenvalue weighted by atomic mass is 32.4. The Kier molecular flexibility index (Phi) is 10.3. The van der Waals surface area contributed by atoms with Gasteiger partial charge in [-0.2, -0.15) is 0 Å². The number of hydrogen-bond acceptors (Lipinski definition) is 8. The summed E-state index contributed by atoms with van der Waals surface area (Å²) in [4.78, 5) is 15.5. The van der Waals surface area contributed by atoms with Gasteiger partial charge in [-0.05, 0) is 131 Å². The van der Waals surface area contributed by atoms with Crippen LogP contribution in [0, 0.1) is 0 Å². The van der Waals surface area contributed by atoms with Gasteiger partial charge in [0.1, 0.15) is 0 Å². The lowest BCUT2D eigenvalue weighted by molar-refractivity contribution is 1.23. The predicted octanol–water partition coefficient (Wildman–Crippen LogP) is 20.5. The molecule has 2 unspecified atom stereocenters. The summed E-state index contributed by atoms with van der Waals surface area (Å²) < 4.78 is 0. The summed E-state index contributed by atoms with van der Waals surface area (Å²) in [7, 11) is 0. The minimum absolute atomic E-state index is 1.05. The van der Waals surface area contributed by atoms with Crippen LogP contribution in [0.25, 0.3) is 43.1 Å². The molecule has 10 heteroatoms. The van der Waals surface area contributed by atoms with Gasteiger partial charge in [-0.25, -0.2) is 0 Å². The third-order valence-corrected chi connectivity index (χ3v) is 29.7. The van der Waals surface area contributed by atoms with Gasteiger partial charge in [-0.1, -0.05) is 212 Å². The standard InChI is InChI=1S/C82H50N6P2S2/c91-89-77-65-44-25-45-66(77)85(56-33-11-3-12-34-56)72-60-41-22-19-27-52(60)47-68(79(72)89)86(57-35-13-4-14-36-57)75-64-50-71-82-76(63(64)49-70(81(75)89)83(65)54-29-7-1-8-30-54)87(58-37-15-5-16-38-58)69-48-53-28-21-24-43-62(53)74-80(69)90(82,92)78-67(84(71)55-31-9-2-10-32-55)46-51-26-20-23-42-61(51)73(78)88(74)59-39-17-6-18-40-59/h1-50H. The molecule has 2 atom stereocenters. The number of nitrogens with zero attached hydrogens (tertiary/aromatic N) is 6. The molecule has 0 saturated carbocycles. The molecule has 15 aromatic rings. The number of rotatable bonds is 6. The monoisotopic (exact) mass is 1240 g/mol. The van der Waals surface area contributed by atoms with Gasteiger partial charge in [-0.3, -0.25) is 0 Å². The molecule has 21 rings (SSSR count). The third-order valence-electron chi connectivity index (χ3n) is 20.0. The van der Waals surface area contributed by atoms with E-state index in [-0.39, 0.29) is 0 Å². The van der Waals surface area contributed by atoms with Crippen LogP contribution in [0.1, 0.15) is 0 Å². The SMILES string of the molecule is S=P12c3c4cccc3N(c3ccccc3)c3c1c(cc1ccccc31)N(c1ccccc1)c1c2c(cc2c3c5c(cc12)N(c1ccccc1)c1cc2ccccc2c2c1P5(=S)c1c(cc5ccccc5c1N2c1ccccc1)N3c1ccccc1)N4c1ccccc1. The summed E-state index contributed by atoms with van der Waals surface area (Å²) in [6, 6.07) is 106. The topological polar surface area (TPSA) is 19.4 Å². The molecule has 0 bridgehead atoms. The second-order valence-electron chi connectivity index (χ2n) is 24.6. The number of hydrogen-bond donors (Lipinski definition) is 0. The molecular formula is C82H50N6P2S2. The fourth-order valence-electron chi connectivity index (χ4n) is 16.6. The van der Waals surface area contributed by atoms with Crippen molar-refractivity contribution in [3.05, 3.63) is 303 Å². The maximum Gasteiger partial charge on any atom is 0.0653 e. The Bertz CT molecular complexity index is 5840. The van der Waals surface area contributed by atoms with E-state index in [4.69, 9.17) is 23.6 Å². The molecule has 0 aromatic heterocycles. The Morgan fingerprint density at radius 1 is 0.185 bits per heavy atom. The molecule has 92 heavy (non-hydrogen) atoms. The van der Waals surface area contributed by atoms with Crippen LogP contribution >= 0.6 is 12.1 Å². The van der Waals surface area contributed by atoms with Crippen LogP contribution in [0.3, 0.4) is 0 Å². The van der Waals surface area contributed by atoms with Crippen molar-refractivity contribution in [1.82, 2.24) is 0 Å². The van der Waals surface area contributed by atoms with Gasteiger partial charge in [0.05, 0.1) is 80.3 Å². The normalized spacial score (nSPS) is 17.2. The maximum atomic E-state index is 8.23. The number of para-hydroxylation sites is 6. The molecule has 6 aliphatic heterocycles. The Balaban J connectivity index is 1.02. The zero-order valence-corrected chi connectivity index (χ0v) is 52.7. The van der Waals surface area contributed by atoms with Crippen molar-refractivity contribution in [3.8, 4) is 0 Å². The molecule has 15 aromatic carbocycles. The zero-order chi connectivity index (χ0) is 60.3. The molecule has 0 amide bonds. The molecule has 430 valence electrons. The summed E-state index contributed by atoms with van der Waals surface area (Å²) in [6.07, 6.45) is 0. The second-order valence-corrected chi connectivity index (χ2v) is 33.0. The summed E-state index contributed by atoms with van der Waals surface area (Å²) >= 11 is 16.3. The van der Waals surface area contributed by atoms with E-state index < -0.39 is 12.1 Å². The highest BCUT2D eigenvalue weighted by Gasteiger charge is 2.56. The average molecular weight is 1250 g/mol. The zero-order valence-electron chi connectivity index (χ0n) is 49.3. The fourth-order valence-corrected chi connectivity index (χ4v) is 27.2. The maximum absolute atomic E-state index is 8.23. The number of fused-ring (bicyclic) bond motifs is 9. The Morgan fingerprint density at radius 2 is 0.424 bits per heavy atom. The predicted molar refractivity (Wildman–Crippen MR) is 398 cm³/mol. The van der Waals surface area contributed by atoms with Gasteiger partial charge in [0.25, 0.3) is 0 Å². The summed E-state index contributed by atoms with van der Waals surface area (Å²) in [5.41, 5.74) is 19.7. The van der Waals surface area contributed by atoms with Gasteiger partial charge in [0, 0.05) is 92.9 Å². The summed E-state index contributed by atoms with van der Waals surface area (Å²) in [6.45, 7) is 0. The highest BCUT2D eigenvalue weighted by Crippen LogP contribution is 2.73. The Hall–Kier alpha value is -10.6. The van der Waals surface area contributed by atoms with Crippen LogP contribution in [-0.4, -0.2) is 0 Å². The van der Waals surface area contributed by atoms with Crippen molar-refractivity contribution in [2.75, 3.05) is 29.4 Å². The van der Waals surface area contributed by atoms with Crippen LogP contribution in [0.5, 0.6) is 0 Å². The Morgan fingerprint density at radius 3 is 0.793 bits per heavy atom. The lowest BCUT2D eigenvalue weighted by atomic mass is 9.95. The molecule has 0 N–H and O–H groups in total. The molecule has 6 heterocycles. The van der Waals surface area contributed by atoms with Gasteiger partial charge < -0.3 is 29.4 Å². The van der Waals surface area contributed by atoms with Crippen LogP contribution in [-0.2, 0) is 23.6 Å². The third kappa shape index (κ3) is 6.40. The van der Waals surface area contributed by atoms with Crippen molar-refractivity contribution in [2.45, 2.75) is 0 Å². The van der Waals surface area contributed by atoms with Gasteiger partial charge in [-0.15, -0.1) is 0 Å². The van der Waals surface area contributed by atoms with E-state index in [9.17, 15) is 0 Å². The molecular weight excluding hydrogens is 1200 g/mol. The largest absolute Gasteiger partial charge is 0.309 e. The van der Waals surface area contributed by atoms with E-state index in [1.807, 2.05) is 0 Å². The molecule has 6 aliphatic rings. The van der Waals surface area contributed by atoms with Crippen molar-refractivity contribution in [3.63, 3.8) is 0 Å². The first-order chi connectivity index (χ1) is 45.5. The van der Waals surface area contributed by atoms with Crippen LogP contribution < -0.4 is 61.2 Å². The lowest BCUT2D eigenvalue weighted by Crippen LogP contribution is -2.49. The smallest absolute Gasteiger partial charge is 0.0653 e. The minimum atomic E-state index is -3.19. The quantitative estimate of drug-likeness (QED) is 0.152. The van der Waals surface area contributed by atoms with Crippen LogP contribution in [0.2, 0.25) is 0 Å². The number of benzene rings is 15. The van der Waals surface area contributed by atoms with Crippen molar-refractivity contribution in [2.24, 2.45) is 0 Å². The summed E-state index contributed by atoms with van der Waals surface area (Å²) in [5, 5.41) is 16.3. The van der Waals surface area contributed by atoms with Crippen molar-refractivity contribution in [1.29, 1.82) is 0 Å². The molecule has 0 saturated heterocycles. The number of anilines is 18. The second kappa shape index (κ2) is 18.5. The van der Waals surface area contributed by atoms with Gasteiger partial charge in [0.15, 0.2) is 0 Å². The van der Waals surface area contributed by atoms with Gasteiger partial charge in [0.2, 0.25) is 0 Å². The van der Waals surface area contributed by atoms with E-state index >= 15 is 0 Å². The van der Waals surface area contributed by atoms with Crippen LogP contribution in [0.4, 0.5) is 102 Å². The van der Waals surface area contributed by atoms with E-state index in [1.165, 1.54) is 48.0 Å². The van der Waals surface area contributed by atoms with E-state index in [0.717, 1.165) is 129 Å².